The van der Waals surface area contributed by atoms with Crippen LogP contribution in [-0.2, 0) is 4.79 Å². The molecular weight excluding hydrogens is 460 g/mol. The van der Waals surface area contributed by atoms with Crippen LogP contribution in [0.3, 0.4) is 0 Å². The number of carbonyl (C=O) groups excluding carboxylic acids is 2. The number of nitrogens with zero attached hydrogens (tertiary/aromatic N) is 1. The molecule has 3 N–H and O–H groups in total. The maximum absolute atomic E-state index is 14.2. The third-order valence-electron chi connectivity index (χ3n) is 8.34. The first kappa shape index (κ1) is 23.6. The largest absolute Gasteiger partial charge is 0.378 e. The number of anilines is 2. The number of rotatable bonds is 4. The van der Waals surface area contributed by atoms with Crippen molar-refractivity contribution in [2.45, 2.75) is 50.2 Å². The minimum absolute atomic E-state index is 0.0378. The van der Waals surface area contributed by atoms with Gasteiger partial charge in [0.1, 0.15) is 0 Å². The zero-order valence-corrected chi connectivity index (χ0v) is 21.0. The second-order valence-corrected chi connectivity index (χ2v) is 10.5. The average Bonchev–Trinajstić information content (AvgIpc) is 3.39. The Hall–Kier alpha value is -3.80. The molecule has 3 aromatic rings. The molecule has 1 saturated carbocycles. The summed E-state index contributed by atoms with van der Waals surface area (Å²) in [5.74, 6) is 0.282. The Morgan fingerprint density at radius 1 is 0.811 bits per heavy atom. The van der Waals surface area contributed by atoms with Crippen LogP contribution in [0.25, 0.3) is 0 Å². The number of benzene rings is 3. The summed E-state index contributed by atoms with van der Waals surface area (Å²) in [5, 5.41) is 9.83. The molecule has 37 heavy (non-hydrogen) atoms. The second kappa shape index (κ2) is 10.3. The van der Waals surface area contributed by atoms with Gasteiger partial charge in [-0.25, -0.2) is 4.79 Å². The van der Waals surface area contributed by atoms with Gasteiger partial charge in [0.05, 0.1) is 18.0 Å². The monoisotopic (exact) mass is 494 g/mol. The van der Waals surface area contributed by atoms with Crippen molar-refractivity contribution in [3.63, 3.8) is 0 Å². The van der Waals surface area contributed by atoms with E-state index in [0.29, 0.717) is 5.92 Å². The summed E-state index contributed by atoms with van der Waals surface area (Å²) in [4.78, 5) is 29.1. The number of hydrogen-bond acceptors (Lipinski definition) is 3. The van der Waals surface area contributed by atoms with Crippen LogP contribution in [0.2, 0.25) is 0 Å². The Morgan fingerprint density at radius 2 is 1.51 bits per heavy atom. The molecule has 1 saturated heterocycles. The van der Waals surface area contributed by atoms with Crippen LogP contribution in [0, 0.1) is 11.8 Å². The summed E-state index contributed by atoms with van der Waals surface area (Å²) in [6.45, 7) is 0.743. The van der Waals surface area contributed by atoms with Crippen LogP contribution in [0.5, 0.6) is 0 Å². The number of para-hydroxylation sites is 2. The number of fused-ring (bicyclic) bond motifs is 3. The number of urea groups is 1. The zero-order valence-electron chi connectivity index (χ0n) is 21.0. The van der Waals surface area contributed by atoms with Crippen molar-refractivity contribution in [3.05, 3.63) is 96.1 Å². The van der Waals surface area contributed by atoms with E-state index >= 15 is 0 Å². The predicted octanol–water partition coefficient (Wildman–Crippen LogP) is 6.12. The lowest BCUT2D eigenvalue weighted by atomic mass is 9.79. The van der Waals surface area contributed by atoms with Crippen LogP contribution in [0.4, 0.5) is 16.2 Å². The molecule has 3 amide bonds. The lowest BCUT2D eigenvalue weighted by molar-refractivity contribution is -0.138. The highest BCUT2D eigenvalue weighted by Crippen LogP contribution is 2.51. The van der Waals surface area contributed by atoms with Gasteiger partial charge in [-0.05, 0) is 48.6 Å². The van der Waals surface area contributed by atoms with Crippen molar-refractivity contribution in [1.29, 1.82) is 0 Å². The topological polar surface area (TPSA) is 73.5 Å². The van der Waals surface area contributed by atoms with E-state index in [4.69, 9.17) is 0 Å². The Kier molecular flexibility index (Phi) is 6.56. The molecule has 6 nitrogen and oxygen atoms in total. The van der Waals surface area contributed by atoms with E-state index in [2.05, 4.69) is 69.4 Å². The summed E-state index contributed by atoms with van der Waals surface area (Å²) < 4.78 is 0. The van der Waals surface area contributed by atoms with E-state index in [-0.39, 0.29) is 36.0 Å². The van der Waals surface area contributed by atoms with Crippen LogP contribution < -0.4 is 16.0 Å². The lowest BCUT2D eigenvalue weighted by Gasteiger charge is -2.42. The zero-order chi connectivity index (χ0) is 25.2. The van der Waals surface area contributed by atoms with Crippen molar-refractivity contribution < 1.29 is 9.59 Å². The molecular formula is C31H34N4O2. The predicted molar refractivity (Wildman–Crippen MR) is 146 cm³/mol. The molecule has 6 heteroatoms. The molecule has 3 aromatic carbocycles. The van der Waals surface area contributed by atoms with Crippen molar-refractivity contribution in [2.24, 2.45) is 11.8 Å². The molecule has 0 aromatic heterocycles. The van der Waals surface area contributed by atoms with Crippen molar-refractivity contribution in [2.75, 3.05) is 17.2 Å². The van der Waals surface area contributed by atoms with Gasteiger partial charge in [0.15, 0.2) is 0 Å². The fourth-order valence-electron chi connectivity index (χ4n) is 6.63. The van der Waals surface area contributed by atoms with Gasteiger partial charge in [0.25, 0.3) is 0 Å². The van der Waals surface area contributed by atoms with Gasteiger partial charge < -0.3 is 20.9 Å². The summed E-state index contributed by atoms with van der Waals surface area (Å²) in [6.07, 6.45) is 4.63. The van der Waals surface area contributed by atoms with E-state index in [1.165, 1.54) is 11.1 Å². The standard InChI is InChI=1S/C31H34N4O2/c36-30(24-16-8-10-18-27(24)34-31(37)32-22-13-5-2-6-14-22)35-20-19-25-28(21-11-3-1-4-12-21)33-26-17-9-7-15-23(26)29(25)35/h1-7,9,11-15,17,24-25,27-29,33H,8,10,16,18-20H2,(H2,32,34,37)/t24-,25+,27+,28+,29+/m0/s1. The molecule has 2 heterocycles. The molecule has 2 fully saturated rings. The first-order valence-electron chi connectivity index (χ1n) is 13.5. The van der Waals surface area contributed by atoms with E-state index in [1.807, 2.05) is 36.4 Å². The summed E-state index contributed by atoms with van der Waals surface area (Å²) in [6, 6.07) is 28.2. The van der Waals surface area contributed by atoms with Crippen LogP contribution >= 0.6 is 0 Å². The molecule has 5 atom stereocenters. The van der Waals surface area contributed by atoms with E-state index in [1.54, 1.807) is 0 Å². The van der Waals surface area contributed by atoms with E-state index in [9.17, 15) is 9.59 Å². The summed E-state index contributed by atoms with van der Waals surface area (Å²) >= 11 is 0. The first-order valence-corrected chi connectivity index (χ1v) is 13.5. The maximum atomic E-state index is 14.2. The highest BCUT2D eigenvalue weighted by atomic mass is 16.2. The molecule has 0 bridgehead atoms. The Bertz CT molecular complexity index is 1250. The van der Waals surface area contributed by atoms with Gasteiger partial charge in [-0.2, -0.15) is 0 Å². The average molecular weight is 495 g/mol. The quantitative estimate of drug-likeness (QED) is 0.409. The second-order valence-electron chi connectivity index (χ2n) is 10.5. The Balaban J connectivity index is 1.24. The molecule has 0 unspecified atom stereocenters. The van der Waals surface area contributed by atoms with Gasteiger partial charge in [-0.15, -0.1) is 0 Å². The van der Waals surface area contributed by atoms with Crippen molar-refractivity contribution in [1.82, 2.24) is 10.2 Å². The Morgan fingerprint density at radius 3 is 2.32 bits per heavy atom. The minimum atomic E-state index is -0.244. The molecule has 1 aliphatic carbocycles. The molecule has 0 spiro atoms. The van der Waals surface area contributed by atoms with E-state index < -0.39 is 0 Å². The number of amides is 3. The normalized spacial score (nSPS) is 26.4. The SMILES string of the molecule is O=C(Nc1ccccc1)N[C@@H]1CCCC[C@@H]1C(=O)N1CC[C@@H]2[C@@H](c3ccccc3)Nc3ccccc3[C@H]21. The van der Waals surface area contributed by atoms with Gasteiger partial charge >= 0.3 is 6.03 Å². The van der Waals surface area contributed by atoms with Gasteiger partial charge in [-0.3, -0.25) is 4.79 Å². The fraction of sp³-hybridized carbons (Fsp3) is 0.355. The lowest BCUT2D eigenvalue weighted by Crippen LogP contribution is -2.51. The Labute approximate surface area is 218 Å². The van der Waals surface area contributed by atoms with Gasteiger partial charge in [-0.1, -0.05) is 79.6 Å². The number of hydrogen-bond donors (Lipinski definition) is 3. The highest BCUT2D eigenvalue weighted by molar-refractivity contribution is 5.90. The van der Waals surface area contributed by atoms with Crippen LogP contribution in [0.1, 0.15) is 55.3 Å². The van der Waals surface area contributed by atoms with Crippen LogP contribution in [-0.4, -0.2) is 29.4 Å². The molecule has 0 radical (unpaired) electrons. The van der Waals surface area contributed by atoms with Crippen molar-refractivity contribution >= 4 is 23.3 Å². The van der Waals surface area contributed by atoms with Crippen LogP contribution in [0.15, 0.2) is 84.9 Å². The molecule has 190 valence electrons. The minimum Gasteiger partial charge on any atom is -0.378 e. The third-order valence-corrected chi connectivity index (χ3v) is 8.34. The third kappa shape index (κ3) is 4.68. The smallest absolute Gasteiger partial charge is 0.319 e. The van der Waals surface area contributed by atoms with Gasteiger partial charge in [0.2, 0.25) is 5.91 Å². The van der Waals surface area contributed by atoms with Crippen molar-refractivity contribution in [3.8, 4) is 0 Å². The van der Waals surface area contributed by atoms with Gasteiger partial charge in [0, 0.05) is 29.9 Å². The molecule has 6 rings (SSSR count). The number of nitrogens with one attached hydrogen (secondary N) is 3. The first-order chi connectivity index (χ1) is 18.2. The maximum Gasteiger partial charge on any atom is 0.319 e. The molecule has 3 aliphatic rings. The summed E-state index contributed by atoms with van der Waals surface area (Å²) in [5.41, 5.74) is 4.32. The fourth-order valence-corrected chi connectivity index (χ4v) is 6.63. The molecule has 2 aliphatic heterocycles. The number of likely N-dealkylation sites (tertiary alicyclic amines) is 1. The van der Waals surface area contributed by atoms with E-state index in [0.717, 1.165) is 50.0 Å². The number of carbonyl (C=O) groups is 2. The highest BCUT2D eigenvalue weighted by Gasteiger charge is 2.48. The summed E-state index contributed by atoms with van der Waals surface area (Å²) in [7, 11) is 0.